The molecule has 0 amide bonds. The molecule has 1 rings (SSSR count). The van der Waals surface area contributed by atoms with E-state index >= 15 is 0 Å². The first-order chi connectivity index (χ1) is 9.76. The number of ether oxygens (including phenoxy) is 2. The average molecular weight is 295 g/mol. The van der Waals surface area contributed by atoms with E-state index in [4.69, 9.17) is 14.6 Å². The lowest BCUT2D eigenvalue weighted by molar-refractivity contribution is -0.145. The summed E-state index contributed by atoms with van der Waals surface area (Å²) in [5.41, 5.74) is 0.834. The smallest absolute Gasteiger partial charge is 0.344 e. The maximum absolute atomic E-state index is 11.1. The Labute approximate surface area is 126 Å². The van der Waals surface area contributed by atoms with Crippen LogP contribution in [0.2, 0.25) is 0 Å². The molecule has 21 heavy (non-hydrogen) atoms. The Morgan fingerprint density at radius 3 is 2.52 bits per heavy atom. The van der Waals surface area contributed by atoms with Gasteiger partial charge in [0.15, 0.2) is 6.10 Å². The minimum atomic E-state index is -0.956. The molecular weight excluding hydrogens is 270 g/mol. The van der Waals surface area contributed by atoms with E-state index in [0.717, 1.165) is 11.3 Å². The van der Waals surface area contributed by atoms with Crippen LogP contribution in [-0.2, 0) is 11.3 Å². The van der Waals surface area contributed by atoms with E-state index in [2.05, 4.69) is 26.1 Å². The summed E-state index contributed by atoms with van der Waals surface area (Å²) in [5.74, 6) is 0.335. The minimum Gasteiger partial charge on any atom is -0.497 e. The molecule has 5 heteroatoms. The van der Waals surface area contributed by atoms with Crippen LogP contribution in [-0.4, -0.2) is 29.8 Å². The molecule has 0 aromatic heterocycles. The van der Waals surface area contributed by atoms with Crippen LogP contribution in [0.15, 0.2) is 18.2 Å². The molecule has 118 valence electrons. The maximum Gasteiger partial charge on any atom is 0.344 e. The van der Waals surface area contributed by atoms with Gasteiger partial charge in [0.2, 0.25) is 0 Å². The molecule has 0 bridgehead atoms. The molecule has 0 aliphatic heterocycles. The van der Waals surface area contributed by atoms with E-state index in [1.54, 1.807) is 26.2 Å². The molecule has 1 unspecified atom stereocenters. The highest BCUT2D eigenvalue weighted by Gasteiger charge is 2.19. The molecule has 1 aromatic rings. The molecular formula is C16H25NO4. The topological polar surface area (TPSA) is 67.8 Å². The Balaban J connectivity index is 2.98. The molecule has 2 N–H and O–H groups in total. The minimum absolute atomic E-state index is 0.0443. The number of nitrogens with one attached hydrogen (secondary N) is 1. The predicted octanol–water partition coefficient (Wildman–Crippen LogP) is 2.83. The number of methoxy groups -OCH3 is 1. The van der Waals surface area contributed by atoms with Gasteiger partial charge in [0.05, 0.1) is 7.11 Å². The van der Waals surface area contributed by atoms with Gasteiger partial charge in [-0.2, -0.15) is 0 Å². The summed E-state index contributed by atoms with van der Waals surface area (Å²) in [6.07, 6.45) is -0.431. The fourth-order valence-electron chi connectivity index (χ4n) is 1.76. The number of carbonyl (C=O) groups is 1. The third-order valence-corrected chi connectivity index (χ3v) is 2.99. The zero-order chi connectivity index (χ0) is 16.0. The Morgan fingerprint density at radius 2 is 2.05 bits per heavy atom. The van der Waals surface area contributed by atoms with Crippen LogP contribution >= 0.6 is 0 Å². The van der Waals surface area contributed by atoms with Crippen molar-refractivity contribution in [3.05, 3.63) is 23.8 Å². The van der Waals surface area contributed by atoms with E-state index in [0.29, 0.717) is 18.7 Å². The number of hydrogen-bond donors (Lipinski definition) is 2. The van der Waals surface area contributed by atoms with Gasteiger partial charge in [-0.05, 0) is 45.4 Å². The maximum atomic E-state index is 11.1. The van der Waals surface area contributed by atoms with Crippen molar-refractivity contribution >= 4 is 5.97 Å². The van der Waals surface area contributed by atoms with Crippen molar-refractivity contribution in [3.63, 3.8) is 0 Å². The lowest BCUT2D eigenvalue weighted by atomic mass is 10.1. The summed E-state index contributed by atoms with van der Waals surface area (Å²) in [4.78, 5) is 11.1. The highest BCUT2D eigenvalue weighted by molar-refractivity contribution is 5.72. The molecule has 1 aromatic carbocycles. The van der Waals surface area contributed by atoms with Gasteiger partial charge in [0.1, 0.15) is 11.5 Å². The third-order valence-electron chi connectivity index (χ3n) is 2.99. The second-order valence-electron chi connectivity index (χ2n) is 5.93. The Bertz CT molecular complexity index is 480. The van der Waals surface area contributed by atoms with Crippen LogP contribution < -0.4 is 14.8 Å². The van der Waals surface area contributed by atoms with E-state index in [-0.39, 0.29) is 5.54 Å². The number of hydrogen-bond acceptors (Lipinski definition) is 4. The summed E-state index contributed by atoms with van der Waals surface area (Å²) in [5, 5.41) is 12.5. The molecule has 1 atom stereocenters. The van der Waals surface area contributed by atoms with Crippen molar-refractivity contribution in [3.8, 4) is 11.5 Å². The summed E-state index contributed by atoms with van der Waals surface area (Å²) in [7, 11) is 1.60. The van der Waals surface area contributed by atoms with E-state index < -0.39 is 12.1 Å². The molecule has 0 fully saturated rings. The zero-order valence-electron chi connectivity index (χ0n) is 13.4. The van der Waals surface area contributed by atoms with E-state index in [9.17, 15) is 4.79 Å². The van der Waals surface area contributed by atoms with Crippen LogP contribution in [0.1, 0.15) is 39.7 Å². The highest BCUT2D eigenvalue weighted by atomic mass is 16.5. The van der Waals surface area contributed by atoms with Gasteiger partial charge in [-0.25, -0.2) is 4.79 Å². The second-order valence-corrected chi connectivity index (χ2v) is 5.93. The quantitative estimate of drug-likeness (QED) is 0.809. The van der Waals surface area contributed by atoms with Crippen molar-refractivity contribution in [2.24, 2.45) is 0 Å². The molecule has 0 radical (unpaired) electrons. The monoisotopic (exact) mass is 295 g/mol. The second kappa shape index (κ2) is 7.31. The van der Waals surface area contributed by atoms with Gasteiger partial charge in [-0.15, -0.1) is 0 Å². The van der Waals surface area contributed by atoms with Crippen molar-refractivity contribution in [2.45, 2.75) is 52.3 Å². The Kier molecular flexibility index (Phi) is 6.03. The molecule has 0 saturated carbocycles. The molecule has 0 saturated heterocycles. The summed E-state index contributed by atoms with van der Waals surface area (Å²) in [6.45, 7) is 8.57. The number of aliphatic carboxylic acids is 1. The van der Waals surface area contributed by atoms with Crippen LogP contribution in [0, 0.1) is 0 Å². The van der Waals surface area contributed by atoms with Crippen LogP contribution in [0.5, 0.6) is 11.5 Å². The fourth-order valence-corrected chi connectivity index (χ4v) is 1.76. The average Bonchev–Trinajstić information content (AvgIpc) is 2.41. The van der Waals surface area contributed by atoms with Gasteiger partial charge in [-0.3, -0.25) is 0 Å². The number of benzene rings is 1. The fraction of sp³-hybridized carbons (Fsp3) is 0.562. The number of carboxylic acid groups (broad SMARTS) is 1. The van der Waals surface area contributed by atoms with Gasteiger partial charge >= 0.3 is 5.97 Å². The van der Waals surface area contributed by atoms with Crippen LogP contribution in [0.3, 0.4) is 0 Å². The van der Waals surface area contributed by atoms with Gasteiger partial charge < -0.3 is 19.9 Å². The van der Waals surface area contributed by atoms with Crippen molar-refractivity contribution in [1.29, 1.82) is 0 Å². The molecule has 0 heterocycles. The Hall–Kier alpha value is -1.75. The first-order valence-electron chi connectivity index (χ1n) is 7.08. The summed E-state index contributed by atoms with van der Waals surface area (Å²) in [6, 6.07) is 5.39. The largest absolute Gasteiger partial charge is 0.497 e. The van der Waals surface area contributed by atoms with E-state index in [1.807, 2.05) is 6.07 Å². The predicted molar refractivity (Wildman–Crippen MR) is 81.9 cm³/mol. The van der Waals surface area contributed by atoms with Crippen LogP contribution in [0.4, 0.5) is 0 Å². The summed E-state index contributed by atoms with van der Waals surface area (Å²) < 4.78 is 10.8. The van der Waals surface area contributed by atoms with Crippen LogP contribution in [0.25, 0.3) is 0 Å². The standard InChI is InChI=1S/C16H25NO4/c1-6-13(15(18)19)21-14-8-7-12(20-5)9-11(14)10-17-16(2,3)4/h7-9,13,17H,6,10H2,1-5H3,(H,18,19). The van der Waals surface area contributed by atoms with Gasteiger partial charge in [-0.1, -0.05) is 6.92 Å². The van der Waals surface area contributed by atoms with Gasteiger partial charge in [0.25, 0.3) is 0 Å². The normalized spacial score (nSPS) is 12.8. The highest BCUT2D eigenvalue weighted by Crippen LogP contribution is 2.26. The first-order valence-corrected chi connectivity index (χ1v) is 7.08. The third kappa shape index (κ3) is 5.63. The van der Waals surface area contributed by atoms with Crippen molar-refractivity contribution < 1.29 is 19.4 Å². The lowest BCUT2D eigenvalue weighted by Crippen LogP contribution is -2.35. The Morgan fingerprint density at radius 1 is 1.38 bits per heavy atom. The summed E-state index contributed by atoms with van der Waals surface area (Å²) >= 11 is 0. The number of carboxylic acids is 1. The van der Waals surface area contributed by atoms with Gasteiger partial charge in [0, 0.05) is 17.6 Å². The molecule has 5 nitrogen and oxygen atoms in total. The van der Waals surface area contributed by atoms with Crippen molar-refractivity contribution in [1.82, 2.24) is 5.32 Å². The first kappa shape index (κ1) is 17.3. The zero-order valence-corrected chi connectivity index (χ0v) is 13.4. The molecule has 0 spiro atoms. The molecule has 0 aliphatic carbocycles. The molecule has 0 aliphatic rings. The van der Waals surface area contributed by atoms with E-state index in [1.165, 1.54) is 0 Å². The SMILES string of the molecule is CCC(Oc1ccc(OC)cc1CNC(C)(C)C)C(=O)O. The van der Waals surface area contributed by atoms with Crippen molar-refractivity contribution in [2.75, 3.05) is 7.11 Å². The number of rotatable bonds is 7. The lowest BCUT2D eigenvalue weighted by Gasteiger charge is -2.23.